The molecule has 0 radical (unpaired) electrons. The molecule has 2 aliphatic heterocycles. The Morgan fingerprint density at radius 1 is 1.31 bits per heavy atom. The van der Waals surface area contributed by atoms with Gasteiger partial charge in [0.05, 0.1) is 19.3 Å². The zero-order valence-corrected chi connectivity index (χ0v) is 17.1. The second kappa shape index (κ2) is 7.31. The minimum atomic E-state index is 0.112. The molecule has 7 heteroatoms. The van der Waals surface area contributed by atoms with Gasteiger partial charge in [-0.3, -0.25) is 4.79 Å². The summed E-state index contributed by atoms with van der Waals surface area (Å²) in [7, 11) is 1.55. The smallest absolute Gasteiger partial charge is 0.222 e. The Kier molecular flexibility index (Phi) is 4.64. The van der Waals surface area contributed by atoms with Crippen molar-refractivity contribution in [2.24, 2.45) is 0 Å². The van der Waals surface area contributed by atoms with E-state index >= 15 is 0 Å². The van der Waals surface area contributed by atoms with Gasteiger partial charge in [0.2, 0.25) is 5.91 Å². The summed E-state index contributed by atoms with van der Waals surface area (Å²) in [6.45, 7) is 3.15. The number of nitrogens with one attached hydrogen (secondary N) is 1. The van der Waals surface area contributed by atoms with Gasteiger partial charge in [-0.1, -0.05) is 6.07 Å². The van der Waals surface area contributed by atoms with Crippen LogP contribution in [0.5, 0.6) is 11.5 Å². The molecule has 0 saturated carbocycles. The maximum atomic E-state index is 12.2. The van der Waals surface area contributed by atoms with Crippen molar-refractivity contribution in [2.75, 3.05) is 20.2 Å². The molecule has 0 atom stereocenters. The van der Waals surface area contributed by atoms with Crippen LogP contribution >= 0.6 is 11.3 Å². The van der Waals surface area contributed by atoms with E-state index in [-0.39, 0.29) is 11.7 Å². The van der Waals surface area contributed by atoms with Crippen LogP contribution in [-0.2, 0) is 24.3 Å². The quantitative estimate of drug-likeness (QED) is 0.690. The molecule has 0 bridgehead atoms. The maximum Gasteiger partial charge on any atom is 0.222 e. The number of fused-ring (bicyclic) bond motifs is 3. The van der Waals surface area contributed by atoms with Crippen molar-refractivity contribution in [1.29, 1.82) is 0 Å². The van der Waals surface area contributed by atoms with Gasteiger partial charge in [0, 0.05) is 35.3 Å². The molecule has 3 aromatic rings. The minimum Gasteiger partial charge on any atom is -0.504 e. The first kappa shape index (κ1) is 18.4. The van der Waals surface area contributed by atoms with Gasteiger partial charge < -0.3 is 20.1 Å². The molecule has 0 spiro atoms. The van der Waals surface area contributed by atoms with Crippen LogP contribution in [0.25, 0.3) is 21.3 Å². The van der Waals surface area contributed by atoms with Crippen LogP contribution in [0.4, 0.5) is 0 Å². The molecule has 2 N–H and O–H groups in total. The number of hydrogen-bond donors (Lipinski definition) is 2. The van der Waals surface area contributed by atoms with Crippen molar-refractivity contribution in [3.8, 4) is 22.6 Å². The fraction of sp³-hybridized carbons (Fsp3) is 0.364. The van der Waals surface area contributed by atoms with Crippen LogP contribution in [0.15, 0.2) is 24.3 Å². The second-order valence-corrected chi connectivity index (χ2v) is 8.66. The van der Waals surface area contributed by atoms with Crippen molar-refractivity contribution >= 4 is 27.5 Å². The lowest BCUT2D eigenvalue weighted by molar-refractivity contribution is -0.128. The number of phenols is 1. The topological polar surface area (TPSA) is 74.7 Å². The number of thiophene rings is 1. The molecule has 5 rings (SSSR count). The molecule has 29 heavy (non-hydrogen) atoms. The van der Waals surface area contributed by atoms with Gasteiger partial charge in [0.1, 0.15) is 4.83 Å². The van der Waals surface area contributed by atoms with E-state index in [4.69, 9.17) is 9.72 Å². The normalized spacial score (nSPS) is 16.4. The molecule has 4 heterocycles. The summed E-state index contributed by atoms with van der Waals surface area (Å²) < 4.78 is 5.32. The predicted molar refractivity (Wildman–Crippen MR) is 113 cm³/mol. The third-order valence-corrected chi connectivity index (χ3v) is 6.93. The van der Waals surface area contributed by atoms with Gasteiger partial charge in [-0.2, -0.15) is 0 Å². The minimum absolute atomic E-state index is 0.112. The van der Waals surface area contributed by atoms with Crippen LogP contribution in [0, 0.1) is 0 Å². The third-order valence-electron chi connectivity index (χ3n) is 5.79. The average molecular weight is 410 g/mol. The molecule has 1 saturated heterocycles. The first-order chi connectivity index (χ1) is 14.1. The number of amides is 1. The molecule has 2 aromatic heterocycles. The van der Waals surface area contributed by atoms with E-state index in [1.54, 1.807) is 24.5 Å². The van der Waals surface area contributed by atoms with E-state index < -0.39 is 0 Å². The molecule has 6 nitrogen and oxygen atoms in total. The van der Waals surface area contributed by atoms with E-state index in [2.05, 4.69) is 11.4 Å². The third kappa shape index (κ3) is 3.24. The van der Waals surface area contributed by atoms with Crippen molar-refractivity contribution in [2.45, 2.75) is 32.4 Å². The molecule has 1 fully saturated rings. The number of likely N-dealkylation sites (tertiary alicyclic amines) is 1. The molecule has 0 unspecified atom stereocenters. The number of aromatic hydroxyl groups is 1. The lowest BCUT2D eigenvalue weighted by Crippen LogP contribution is -2.24. The number of nitrogens with zero attached hydrogens (tertiary/aromatic N) is 2. The van der Waals surface area contributed by atoms with Crippen molar-refractivity contribution in [3.05, 3.63) is 40.4 Å². The Hall–Kier alpha value is -2.64. The summed E-state index contributed by atoms with van der Waals surface area (Å²) in [6.07, 6.45) is 2.52. The van der Waals surface area contributed by atoms with Gasteiger partial charge in [-0.25, -0.2) is 4.98 Å². The summed E-state index contributed by atoms with van der Waals surface area (Å²) in [6, 6.07) is 7.59. The second-order valence-electron chi connectivity index (χ2n) is 7.57. The highest BCUT2D eigenvalue weighted by Gasteiger charge is 2.24. The van der Waals surface area contributed by atoms with E-state index in [9.17, 15) is 9.90 Å². The number of hydrogen-bond acceptors (Lipinski definition) is 6. The summed E-state index contributed by atoms with van der Waals surface area (Å²) in [5.74, 6) is 0.735. The highest BCUT2D eigenvalue weighted by atomic mass is 32.1. The molecular weight excluding hydrogens is 386 g/mol. The van der Waals surface area contributed by atoms with E-state index in [0.717, 1.165) is 54.1 Å². The van der Waals surface area contributed by atoms with Crippen LogP contribution in [0.1, 0.15) is 29.0 Å². The van der Waals surface area contributed by atoms with Crippen LogP contribution < -0.4 is 10.1 Å². The zero-order valence-electron chi connectivity index (χ0n) is 16.3. The molecule has 150 valence electrons. The molecule has 1 amide bonds. The number of carbonyl (C=O) groups excluding carboxylic acids is 1. The first-order valence-electron chi connectivity index (χ1n) is 9.94. The number of rotatable bonds is 4. The van der Waals surface area contributed by atoms with Crippen molar-refractivity contribution in [3.63, 3.8) is 0 Å². The average Bonchev–Trinajstić information content (AvgIpc) is 3.30. The molecule has 1 aromatic carbocycles. The van der Waals surface area contributed by atoms with Crippen LogP contribution in [0.2, 0.25) is 0 Å². The number of aromatic nitrogens is 1. The van der Waals surface area contributed by atoms with Crippen molar-refractivity contribution in [1.82, 2.24) is 15.2 Å². The number of benzene rings is 1. The zero-order chi connectivity index (χ0) is 20.0. The summed E-state index contributed by atoms with van der Waals surface area (Å²) in [5, 5.41) is 14.6. The fourth-order valence-electron chi connectivity index (χ4n) is 4.25. The summed E-state index contributed by atoms with van der Waals surface area (Å²) >= 11 is 1.74. The number of pyridine rings is 1. The molecular formula is C22H23N3O3S. The highest BCUT2D eigenvalue weighted by Crippen LogP contribution is 2.38. The Balaban J connectivity index is 1.68. The number of methoxy groups -OCH3 is 1. The summed E-state index contributed by atoms with van der Waals surface area (Å²) in [4.78, 5) is 21.5. The lowest BCUT2D eigenvalue weighted by atomic mass is 9.99. The standard InChI is InChI=1S/C22H23N3O3S/c1-28-19-9-13(4-5-18(19)26)15-10-16-14-6-7-23-11-20(14)29-22(16)24-17(15)12-25-8-2-3-21(25)27/h4-5,9-10,23,26H,2-3,6-8,11-12H2,1H3. The SMILES string of the molecule is COc1cc(-c2cc3c4c(sc3nc2CN2CCCC2=O)CNCC4)ccc1O. The largest absolute Gasteiger partial charge is 0.504 e. The van der Waals surface area contributed by atoms with Gasteiger partial charge >= 0.3 is 0 Å². The Morgan fingerprint density at radius 3 is 3.00 bits per heavy atom. The van der Waals surface area contributed by atoms with Gasteiger partial charge in [-0.05, 0) is 48.7 Å². The van der Waals surface area contributed by atoms with Gasteiger partial charge in [0.25, 0.3) is 0 Å². The molecule has 2 aliphatic rings. The summed E-state index contributed by atoms with van der Waals surface area (Å²) in [5.41, 5.74) is 4.21. The van der Waals surface area contributed by atoms with Crippen LogP contribution in [0.3, 0.4) is 0 Å². The van der Waals surface area contributed by atoms with E-state index in [1.807, 2.05) is 17.0 Å². The van der Waals surface area contributed by atoms with Crippen molar-refractivity contribution < 1.29 is 14.6 Å². The highest BCUT2D eigenvalue weighted by molar-refractivity contribution is 7.18. The fourth-order valence-corrected chi connectivity index (χ4v) is 5.45. The van der Waals surface area contributed by atoms with Gasteiger partial charge in [-0.15, -0.1) is 11.3 Å². The van der Waals surface area contributed by atoms with E-state index in [0.29, 0.717) is 18.7 Å². The first-order valence-corrected chi connectivity index (χ1v) is 10.8. The van der Waals surface area contributed by atoms with Gasteiger partial charge in [0.15, 0.2) is 11.5 Å². The predicted octanol–water partition coefficient (Wildman–Crippen LogP) is 3.45. The number of phenolic OH excluding ortho intramolecular Hbond substituents is 1. The Bertz CT molecular complexity index is 1110. The number of carbonyl (C=O) groups is 1. The monoisotopic (exact) mass is 409 g/mol. The maximum absolute atomic E-state index is 12.2. The van der Waals surface area contributed by atoms with Crippen LogP contribution in [-0.4, -0.2) is 41.1 Å². The van der Waals surface area contributed by atoms with E-state index in [1.165, 1.54) is 15.8 Å². The lowest BCUT2D eigenvalue weighted by Gasteiger charge is -2.18. The Labute approximate surface area is 173 Å². The Morgan fingerprint density at radius 2 is 2.21 bits per heavy atom. The number of ether oxygens (including phenoxy) is 1. The molecule has 0 aliphatic carbocycles.